The van der Waals surface area contributed by atoms with E-state index in [1.807, 2.05) is 66.7 Å². The van der Waals surface area contributed by atoms with Gasteiger partial charge in [-0.25, -0.2) is 4.98 Å². The van der Waals surface area contributed by atoms with Crippen molar-refractivity contribution in [1.29, 1.82) is 0 Å². The fourth-order valence-electron chi connectivity index (χ4n) is 3.01. The van der Waals surface area contributed by atoms with Gasteiger partial charge in [-0.15, -0.1) is 0 Å². The van der Waals surface area contributed by atoms with Crippen LogP contribution in [0.4, 0.5) is 5.69 Å². The van der Waals surface area contributed by atoms with Crippen molar-refractivity contribution in [3.8, 4) is 11.5 Å². The molecule has 148 valence electrons. The average molecular weight is 395 g/mol. The Morgan fingerprint density at radius 3 is 2.47 bits per heavy atom. The highest BCUT2D eigenvalue weighted by atomic mass is 16.5. The standard InChI is InChI=1S/C25H21N3O2/c1-30-22-13-14-24-23(16-22)25(28-26-17-19-8-11-21(29)12-9-19)15-20(27-24)10-7-18-5-3-2-4-6-18/h2-17,29H,1H3,(H,27,28). The first-order chi connectivity index (χ1) is 14.7. The first-order valence-electron chi connectivity index (χ1n) is 9.51. The first kappa shape index (κ1) is 19.2. The zero-order chi connectivity index (χ0) is 20.8. The number of hydrogen-bond acceptors (Lipinski definition) is 5. The Kier molecular flexibility index (Phi) is 5.71. The molecule has 5 nitrogen and oxygen atoms in total. The minimum Gasteiger partial charge on any atom is -0.508 e. The number of benzene rings is 3. The molecule has 0 fully saturated rings. The summed E-state index contributed by atoms with van der Waals surface area (Å²) in [5.41, 5.74) is 7.58. The van der Waals surface area contributed by atoms with Crippen LogP contribution in [-0.2, 0) is 0 Å². The first-order valence-corrected chi connectivity index (χ1v) is 9.51. The van der Waals surface area contributed by atoms with Crippen molar-refractivity contribution < 1.29 is 9.84 Å². The number of methoxy groups -OCH3 is 1. The van der Waals surface area contributed by atoms with E-state index in [-0.39, 0.29) is 5.75 Å². The summed E-state index contributed by atoms with van der Waals surface area (Å²) in [6.07, 6.45) is 5.71. The number of aromatic hydroxyl groups is 1. The number of nitrogens with zero attached hydrogens (tertiary/aromatic N) is 2. The third-order valence-electron chi connectivity index (χ3n) is 4.57. The van der Waals surface area contributed by atoms with E-state index in [4.69, 9.17) is 9.72 Å². The van der Waals surface area contributed by atoms with Crippen molar-refractivity contribution in [2.45, 2.75) is 0 Å². The lowest BCUT2D eigenvalue weighted by Crippen LogP contribution is -1.95. The van der Waals surface area contributed by atoms with Crippen LogP contribution in [0, 0.1) is 0 Å². The molecule has 0 amide bonds. The number of aromatic nitrogens is 1. The van der Waals surface area contributed by atoms with Crippen LogP contribution in [0.3, 0.4) is 0 Å². The quantitative estimate of drug-likeness (QED) is 0.331. The molecule has 5 heteroatoms. The number of rotatable bonds is 6. The van der Waals surface area contributed by atoms with Crippen molar-refractivity contribution in [1.82, 2.24) is 4.98 Å². The topological polar surface area (TPSA) is 66.7 Å². The van der Waals surface area contributed by atoms with Gasteiger partial charge in [0.15, 0.2) is 0 Å². The summed E-state index contributed by atoms with van der Waals surface area (Å²) in [4.78, 5) is 4.74. The number of ether oxygens (including phenoxy) is 1. The van der Waals surface area contributed by atoms with Crippen LogP contribution in [0.5, 0.6) is 11.5 Å². The molecule has 1 aromatic heterocycles. The predicted molar refractivity (Wildman–Crippen MR) is 123 cm³/mol. The third kappa shape index (κ3) is 4.64. The molecule has 4 aromatic rings. The van der Waals surface area contributed by atoms with E-state index in [1.165, 1.54) is 0 Å². The van der Waals surface area contributed by atoms with Crippen molar-refractivity contribution in [2.24, 2.45) is 5.10 Å². The highest BCUT2D eigenvalue weighted by Gasteiger charge is 2.06. The van der Waals surface area contributed by atoms with Gasteiger partial charge >= 0.3 is 0 Å². The molecule has 0 unspecified atom stereocenters. The number of phenols is 1. The van der Waals surface area contributed by atoms with Gasteiger partial charge in [-0.05, 0) is 65.7 Å². The number of phenolic OH excluding ortho intramolecular Hbond substituents is 1. The monoisotopic (exact) mass is 395 g/mol. The van der Waals surface area contributed by atoms with Crippen molar-refractivity contribution >= 4 is 35.0 Å². The van der Waals surface area contributed by atoms with Gasteiger partial charge in [0.1, 0.15) is 11.5 Å². The summed E-state index contributed by atoms with van der Waals surface area (Å²) in [5, 5.41) is 14.7. The van der Waals surface area contributed by atoms with Crippen LogP contribution in [0.15, 0.2) is 84.0 Å². The maximum Gasteiger partial charge on any atom is 0.119 e. The Labute approximate surface area is 175 Å². The molecule has 30 heavy (non-hydrogen) atoms. The Bertz CT molecular complexity index is 1200. The van der Waals surface area contributed by atoms with Crippen LogP contribution in [0.2, 0.25) is 0 Å². The van der Waals surface area contributed by atoms with E-state index in [9.17, 15) is 5.11 Å². The molecule has 0 bridgehead atoms. The third-order valence-corrected chi connectivity index (χ3v) is 4.57. The molecule has 0 saturated heterocycles. The van der Waals surface area contributed by atoms with Crippen LogP contribution >= 0.6 is 0 Å². The lowest BCUT2D eigenvalue weighted by atomic mass is 10.1. The van der Waals surface area contributed by atoms with Crippen LogP contribution in [0.1, 0.15) is 16.8 Å². The minimum absolute atomic E-state index is 0.224. The van der Waals surface area contributed by atoms with Gasteiger partial charge in [0.2, 0.25) is 0 Å². The van der Waals surface area contributed by atoms with Gasteiger partial charge in [-0.2, -0.15) is 5.10 Å². The molecule has 0 aliphatic heterocycles. The van der Waals surface area contributed by atoms with Gasteiger partial charge in [0.05, 0.1) is 30.2 Å². The van der Waals surface area contributed by atoms with E-state index in [0.717, 1.165) is 39.2 Å². The van der Waals surface area contributed by atoms with E-state index in [2.05, 4.69) is 10.5 Å². The number of hydrogen-bond donors (Lipinski definition) is 2. The molecular formula is C25H21N3O2. The molecule has 0 saturated carbocycles. The normalized spacial score (nSPS) is 11.4. The van der Waals surface area contributed by atoms with Crippen LogP contribution in [0.25, 0.3) is 23.1 Å². The van der Waals surface area contributed by atoms with E-state index in [0.29, 0.717) is 0 Å². The summed E-state index contributed by atoms with van der Waals surface area (Å²) < 4.78 is 5.37. The number of nitrogens with one attached hydrogen (secondary N) is 1. The zero-order valence-electron chi connectivity index (χ0n) is 16.5. The smallest absolute Gasteiger partial charge is 0.119 e. The zero-order valence-corrected chi connectivity index (χ0v) is 16.5. The number of pyridine rings is 1. The van der Waals surface area contributed by atoms with E-state index >= 15 is 0 Å². The molecule has 0 aliphatic rings. The summed E-state index contributed by atoms with van der Waals surface area (Å²) >= 11 is 0. The van der Waals surface area contributed by atoms with Crippen LogP contribution in [-0.4, -0.2) is 23.4 Å². The lowest BCUT2D eigenvalue weighted by molar-refractivity contribution is 0.415. The summed E-state index contributed by atoms with van der Waals surface area (Å²) in [5.74, 6) is 0.976. The summed E-state index contributed by atoms with van der Waals surface area (Å²) in [6.45, 7) is 0. The second-order valence-corrected chi connectivity index (χ2v) is 6.68. The molecule has 4 rings (SSSR count). The average Bonchev–Trinajstić information content (AvgIpc) is 2.79. The largest absolute Gasteiger partial charge is 0.508 e. The molecule has 0 atom stereocenters. The van der Waals surface area contributed by atoms with E-state index < -0.39 is 0 Å². The van der Waals surface area contributed by atoms with Gasteiger partial charge in [0, 0.05) is 5.39 Å². The molecule has 3 aromatic carbocycles. The van der Waals surface area contributed by atoms with Crippen molar-refractivity contribution in [2.75, 3.05) is 12.5 Å². The summed E-state index contributed by atoms with van der Waals surface area (Å²) in [7, 11) is 1.64. The molecule has 0 aliphatic carbocycles. The van der Waals surface area contributed by atoms with Gasteiger partial charge in [0.25, 0.3) is 0 Å². The minimum atomic E-state index is 0.224. The van der Waals surface area contributed by atoms with Crippen molar-refractivity contribution in [3.63, 3.8) is 0 Å². The fourth-order valence-corrected chi connectivity index (χ4v) is 3.01. The van der Waals surface area contributed by atoms with E-state index in [1.54, 1.807) is 37.6 Å². The van der Waals surface area contributed by atoms with Gasteiger partial charge in [-0.1, -0.05) is 36.4 Å². The van der Waals surface area contributed by atoms with Crippen LogP contribution < -0.4 is 10.2 Å². The Morgan fingerprint density at radius 1 is 0.900 bits per heavy atom. The second-order valence-electron chi connectivity index (χ2n) is 6.68. The highest BCUT2D eigenvalue weighted by molar-refractivity contribution is 5.94. The Hall–Kier alpha value is -4.12. The maximum atomic E-state index is 9.41. The molecular weight excluding hydrogens is 374 g/mol. The number of anilines is 1. The SMILES string of the molecule is COc1ccc2nc(C=Cc3ccccc3)cc(NN=Cc3ccc(O)cc3)c2c1. The molecule has 0 radical (unpaired) electrons. The lowest BCUT2D eigenvalue weighted by Gasteiger charge is -2.09. The number of hydrazone groups is 1. The van der Waals surface area contributed by atoms with Crippen molar-refractivity contribution in [3.05, 3.63) is 95.7 Å². The fraction of sp³-hybridized carbons (Fsp3) is 0.0400. The van der Waals surface area contributed by atoms with Gasteiger partial charge < -0.3 is 9.84 Å². The molecule has 2 N–H and O–H groups in total. The Balaban J connectivity index is 1.67. The molecule has 0 spiro atoms. The number of fused-ring (bicyclic) bond motifs is 1. The summed E-state index contributed by atoms with van der Waals surface area (Å²) in [6, 6.07) is 24.6. The highest BCUT2D eigenvalue weighted by Crippen LogP contribution is 2.28. The second kappa shape index (κ2) is 8.92. The predicted octanol–water partition coefficient (Wildman–Crippen LogP) is 5.57. The maximum absolute atomic E-state index is 9.41. The van der Waals surface area contributed by atoms with Gasteiger partial charge in [-0.3, -0.25) is 5.43 Å². The Morgan fingerprint density at radius 2 is 1.70 bits per heavy atom. The molecule has 1 heterocycles.